The Morgan fingerprint density at radius 1 is 0.222 bits per heavy atom. The van der Waals surface area contributed by atoms with E-state index in [1.807, 2.05) is 0 Å². The normalized spacial score (nSPS) is 11.3. The second-order valence-electron chi connectivity index (χ2n) is 13.7. The van der Waals surface area contributed by atoms with Crippen molar-refractivity contribution in [2.24, 2.45) is 0 Å². The van der Waals surface area contributed by atoms with Crippen LogP contribution in [0.5, 0.6) is 0 Å². The quantitative estimate of drug-likeness (QED) is 0.175. The highest BCUT2D eigenvalue weighted by molar-refractivity contribution is 5.97. The topological polar surface area (TPSA) is 38.7 Å². The van der Waals surface area contributed by atoms with Crippen LogP contribution in [0, 0.1) is 0 Å². The summed E-state index contributed by atoms with van der Waals surface area (Å²) < 4.78 is 0. The van der Waals surface area contributed by atoms with E-state index in [1.165, 1.54) is 43.6 Å². The molecule has 1 heterocycles. The highest BCUT2D eigenvalue weighted by atomic mass is 15.0. The zero-order valence-corrected chi connectivity index (χ0v) is 29.4. The summed E-state index contributed by atoms with van der Waals surface area (Å²) in [5.74, 6) is 1.91. The number of hydrogen-bond donors (Lipinski definition) is 0. The Labute approximate surface area is 313 Å². The van der Waals surface area contributed by atoms with E-state index in [4.69, 9.17) is 15.0 Å². The summed E-state index contributed by atoms with van der Waals surface area (Å²) in [6, 6.07) is 70.7. The highest BCUT2D eigenvalue weighted by Gasteiger charge is 2.14. The summed E-state index contributed by atoms with van der Waals surface area (Å²) in [5, 5.41) is 7.28. The fourth-order valence-corrected chi connectivity index (χ4v) is 7.43. The number of nitrogens with zero attached hydrogens (tertiary/aromatic N) is 3. The van der Waals surface area contributed by atoms with Gasteiger partial charge in [-0.2, -0.15) is 0 Å². The van der Waals surface area contributed by atoms with Crippen molar-refractivity contribution in [3.63, 3.8) is 0 Å². The van der Waals surface area contributed by atoms with E-state index in [2.05, 4.69) is 200 Å². The SMILES string of the molecule is c1cc(-c2ccc(-c3ccc4ccccc4c3)cc2)cc(-c2nc(-c3ccc(-c4cccc5ccccc45)cc3)nc(-c3ccc4ccccc4c3)n2)c1. The van der Waals surface area contributed by atoms with E-state index in [0.717, 1.165) is 38.8 Å². The molecule has 0 amide bonds. The van der Waals surface area contributed by atoms with Gasteiger partial charge in [0.15, 0.2) is 17.5 Å². The third-order valence-corrected chi connectivity index (χ3v) is 10.3. The molecule has 9 aromatic carbocycles. The molecule has 0 aliphatic rings. The zero-order chi connectivity index (χ0) is 35.8. The fourth-order valence-electron chi connectivity index (χ4n) is 7.43. The number of benzene rings is 9. The van der Waals surface area contributed by atoms with E-state index < -0.39 is 0 Å². The van der Waals surface area contributed by atoms with Crippen LogP contribution in [-0.4, -0.2) is 15.0 Å². The molecule has 0 N–H and O–H groups in total. The molecule has 1 aromatic heterocycles. The van der Waals surface area contributed by atoms with Crippen LogP contribution < -0.4 is 0 Å². The molecular weight excluding hydrogens is 655 g/mol. The van der Waals surface area contributed by atoms with E-state index in [9.17, 15) is 0 Å². The Morgan fingerprint density at radius 3 is 1.30 bits per heavy atom. The van der Waals surface area contributed by atoms with Crippen LogP contribution in [0.15, 0.2) is 200 Å². The summed E-state index contributed by atoms with van der Waals surface area (Å²) in [7, 11) is 0. The minimum absolute atomic E-state index is 0.635. The largest absolute Gasteiger partial charge is 0.208 e. The summed E-state index contributed by atoms with van der Waals surface area (Å²) in [6.45, 7) is 0. The molecule has 0 aliphatic heterocycles. The first-order chi connectivity index (χ1) is 26.7. The molecule has 10 aromatic rings. The van der Waals surface area contributed by atoms with E-state index in [-0.39, 0.29) is 0 Å². The van der Waals surface area contributed by atoms with Crippen molar-refractivity contribution in [3.8, 4) is 67.5 Å². The molecule has 3 nitrogen and oxygen atoms in total. The van der Waals surface area contributed by atoms with E-state index in [1.54, 1.807) is 0 Å². The first-order valence-corrected chi connectivity index (χ1v) is 18.3. The Kier molecular flexibility index (Phi) is 7.81. The van der Waals surface area contributed by atoms with Crippen molar-refractivity contribution in [2.45, 2.75) is 0 Å². The molecule has 0 aliphatic carbocycles. The Hall–Kier alpha value is -7.23. The van der Waals surface area contributed by atoms with Gasteiger partial charge in [0.05, 0.1) is 0 Å². The molecule has 0 saturated heterocycles. The van der Waals surface area contributed by atoms with Crippen LogP contribution in [0.2, 0.25) is 0 Å². The average molecular weight is 688 g/mol. The summed E-state index contributed by atoms with van der Waals surface area (Å²) in [5.41, 5.74) is 9.81. The van der Waals surface area contributed by atoms with Crippen LogP contribution >= 0.6 is 0 Å². The third-order valence-electron chi connectivity index (χ3n) is 10.3. The molecule has 54 heavy (non-hydrogen) atoms. The van der Waals surface area contributed by atoms with Crippen molar-refractivity contribution in [1.29, 1.82) is 0 Å². The van der Waals surface area contributed by atoms with Gasteiger partial charge in [-0.1, -0.05) is 182 Å². The van der Waals surface area contributed by atoms with Crippen molar-refractivity contribution < 1.29 is 0 Å². The second kappa shape index (κ2) is 13.4. The van der Waals surface area contributed by atoms with Gasteiger partial charge in [0.1, 0.15) is 0 Å². The van der Waals surface area contributed by atoms with Crippen molar-refractivity contribution in [1.82, 2.24) is 15.0 Å². The van der Waals surface area contributed by atoms with E-state index in [0.29, 0.717) is 17.5 Å². The highest BCUT2D eigenvalue weighted by Crippen LogP contribution is 2.33. The lowest BCUT2D eigenvalue weighted by atomic mass is 9.97. The van der Waals surface area contributed by atoms with Gasteiger partial charge in [0.2, 0.25) is 0 Å². The van der Waals surface area contributed by atoms with Gasteiger partial charge in [0.25, 0.3) is 0 Å². The summed E-state index contributed by atoms with van der Waals surface area (Å²) in [4.78, 5) is 15.3. The van der Waals surface area contributed by atoms with Gasteiger partial charge >= 0.3 is 0 Å². The fraction of sp³-hybridized carbons (Fsp3) is 0. The Morgan fingerprint density at radius 2 is 0.630 bits per heavy atom. The molecule has 3 heteroatoms. The molecule has 0 unspecified atom stereocenters. The van der Waals surface area contributed by atoms with E-state index >= 15 is 0 Å². The number of rotatable bonds is 6. The van der Waals surface area contributed by atoms with Gasteiger partial charge in [-0.25, -0.2) is 15.0 Å². The maximum Gasteiger partial charge on any atom is 0.164 e. The number of fused-ring (bicyclic) bond motifs is 3. The molecule has 0 atom stereocenters. The Bertz CT molecular complexity index is 2980. The molecule has 0 fully saturated rings. The number of aromatic nitrogens is 3. The predicted octanol–water partition coefficient (Wildman–Crippen LogP) is 13.3. The first kappa shape index (κ1) is 31.5. The average Bonchev–Trinajstić information content (AvgIpc) is 3.26. The lowest BCUT2D eigenvalue weighted by molar-refractivity contribution is 1.07. The van der Waals surface area contributed by atoms with Gasteiger partial charge in [0, 0.05) is 16.7 Å². The minimum atomic E-state index is 0.635. The van der Waals surface area contributed by atoms with Gasteiger partial charge in [-0.3, -0.25) is 0 Å². The summed E-state index contributed by atoms with van der Waals surface area (Å²) in [6.07, 6.45) is 0. The minimum Gasteiger partial charge on any atom is -0.208 e. The van der Waals surface area contributed by atoms with Crippen molar-refractivity contribution in [2.75, 3.05) is 0 Å². The predicted molar refractivity (Wildman–Crippen MR) is 225 cm³/mol. The third kappa shape index (κ3) is 5.98. The summed E-state index contributed by atoms with van der Waals surface area (Å²) >= 11 is 0. The lowest BCUT2D eigenvalue weighted by Crippen LogP contribution is -2.00. The van der Waals surface area contributed by atoms with Crippen molar-refractivity contribution in [3.05, 3.63) is 200 Å². The number of hydrogen-bond acceptors (Lipinski definition) is 3. The van der Waals surface area contributed by atoms with Crippen LogP contribution in [-0.2, 0) is 0 Å². The Balaban J connectivity index is 1.03. The molecule has 10 rings (SSSR count). The molecular formula is C51H33N3. The van der Waals surface area contributed by atoms with Crippen LogP contribution in [0.1, 0.15) is 0 Å². The molecule has 0 spiro atoms. The van der Waals surface area contributed by atoms with Crippen LogP contribution in [0.3, 0.4) is 0 Å². The standard InChI is InChI=1S/C51H33N3/c1-3-12-41-31-44(29-23-34(41)9-1)37-21-19-36(20-22-37)43-15-7-16-45(32-43)50-52-49(53-51(54-50)46-30-24-35-10-2-4-13-42(35)33-46)40-27-25-39(26-28-40)48-18-8-14-38-11-5-6-17-47(38)48/h1-33H. The molecule has 0 saturated carbocycles. The zero-order valence-electron chi connectivity index (χ0n) is 29.4. The first-order valence-electron chi connectivity index (χ1n) is 18.3. The molecule has 0 bridgehead atoms. The van der Waals surface area contributed by atoms with Crippen LogP contribution in [0.25, 0.3) is 99.9 Å². The van der Waals surface area contributed by atoms with Crippen molar-refractivity contribution >= 4 is 32.3 Å². The maximum atomic E-state index is 5.11. The smallest absolute Gasteiger partial charge is 0.164 e. The maximum absolute atomic E-state index is 5.11. The van der Waals surface area contributed by atoms with Gasteiger partial charge in [-0.15, -0.1) is 0 Å². The monoisotopic (exact) mass is 687 g/mol. The van der Waals surface area contributed by atoms with Gasteiger partial charge in [-0.05, 0) is 83.9 Å². The second-order valence-corrected chi connectivity index (χ2v) is 13.7. The van der Waals surface area contributed by atoms with Gasteiger partial charge < -0.3 is 0 Å². The molecule has 0 radical (unpaired) electrons. The molecule has 252 valence electrons. The lowest BCUT2D eigenvalue weighted by Gasteiger charge is -2.11. The van der Waals surface area contributed by atoms with Crippen LogP contribution in [0.4, 0.5) is 0 Å².